The summed E-state index contributed by atoms with van der Waals surface area (Å²) in [7, 11) is 3.06. The summed E-state index contributed by atoms with van der Waals surface area (Å²) in [5.74, 6) is -1.12. The number of hydrogen-bond donors (Lipinski definition) is 3. The second-order valence-electron chi connectivity index (χ2n) is 1.36. The van der Waals surface area contributed by atoms with Crippen LogP contribution in [0.5, 0.6) is 0 Å². The second kappa shape index (κ2) is 29.4. The van der Waals surface area contributed by atoms with Gasteiger partial charge in [-0.1, -0.05) is 28.0 Å². The Kier molecular flexibility index (Phi) is 57.3. The first-order valence-corrected chi connectivity index (χ1v) is 3.35. The van der Waals surface area contributed by atoms with Gasteiger partial charge in [-0.25, -0.2) is 4.79 Å². The van der Waals surface area contributed by atoms with E-state index in [0.717, 1.165) is 6.08 Å². The summed E-state index contributed by atoms with van der Waals surface area (Å²) in [5, 5.41) is 9.96. The molecule has 4 N–H and O–H groups in total. The molecular weight excluding hydrogens is 196 g/mol. The van der Waals surface area contributed by atoms with Crippen molar-refractivity contribution in [2.24, 2.45) is 5.73 Å². The molecule has 0 bridgehead atoms. The zero-order valence-electron chi connectivity index (χ0n) is 7.91. The van der Waals surface area contributed by atoms with Crippen LogP contribution in [0, 0.1) is 0 Å². The predicted molar refractivity (Wildman–Crippen MR) is 65.7 cm³/mol. The number of carboxylic acids is 1. The first-order chi connectivity index (χ1) is 6.08. The van der Waals surface area contributed by atoms with Gasteiger partial charge in [-0.2, -0.15) is 0 Å². The molecule has 0 radical (unpaired) electrons. The molecule has 0 unspecified atom stereocenters. The van der Waals surface area contributed by atoms with Crippen molar-refractivity contribution in [3.8, 4) is 0 Å². The van der Waals surface area contributed by atoms with Crippen LogP contribution in [0.25, 0.3) is 0 Å². The van der Waals surface area contributed by atoms with E-state index in [1.165, 1.54) is 13.1 Å². The average Bonchev–Trinajstić information content (AvgIpc) is 2.20. The van der Waals surface area contributed by atoms with E-state index < -0.39 is 5.97 Å². The van der Waals surface area contributed by atoms with Gasteiger partial charge in [-0.15, -0.1) is 0 Å². The van der Waals surface area contributed by atoms with Crippen LogP contribution >= 0.6 is 0 Å². The number of aliphatic carboxylic acids is 1. The smallest absolute Gasteiger partial charge is 0.327 e. The summed E-state index contributed by atoms with van der Waals surface area (Å²) in [6, 6.07) is 0. The van der Waals surface area contributed by atoms with Gasteiger partial charge in [-0.05, 0) is 13.1 Å². The van der Waals surface area contributed by atoms with E-state index in [1.807, 2.05) is 0 Å². The van der Waals surface area contributed by atoms with Crippen molar-refractivity contribution < 1.29 is 14.7 Å². The highest BCUT2D eigenvalue weighted by Gasteiger charge is 1.78. The van der Waals surface area contributed by atoms with Gasteiger partial charge in [0.05, 0.1) is 0 Å². The van der Waals surface area contributed by atoms with Crippen molar-refractivity contribution in [2.45, 2.75) is 14.9 Å². The quantitative estimate of drug-likeness (QED) is 0.606. The predicted octanol–water partition coefficient (Wildman–Crippen LogP) is 1.02. The molecule has 0 fully saturated rings. The van der Waals surface area contributed by atoms with Crippen LogP contribution in [-0.4, -0.2) is 31.1 Å². The van der Waals surface area contributed by atoms with Gasteiger partial charge in [0.15, 0.2) is 0 Å². The number of amides is 1. The molecule has 92 valence electrons. The molecule has 0 spiro atoms. The molecule has 5 heteroatoms. The minimum absolute atomic E-state index is 0. The third-order valence-corrected chi connectivity index (χ3v) is 0.606. The highest BCUT2D eigenvalue weighted by atomic mass is 16.4. The molecule has 0 heterocycles. The van der Waals surface area contributed by atoms with E-state index in [1.54, 1.807) is 7.05 Å². The summed E-state index contributed by atoms with van der Waals surface area (Å²) in [4.78, 5) is 19.2. The van der Waals surface area contributed by atoms with Crippen LogP contribution in [0.2, 0.25) is 0 Å². The lowest BCUT2D eigenvalue weighted by Crippen LogP contribution is -2.13. The summed E-state index contributed by atoms with van der Waals surface area (Å²) in [6.45, 7) is 6.18. The Morgan fingerprint density at radius 1 is 1.20 bits per heavy atom. The summed E-state index contributed by atoms with van der Waals surface area (Å²) >= 11 is 0. The van der Waals surface area contributed by atoms with Crippen molar-refractivity contribution in [2.75, 3.05) is 14.1 Å². The van der Waals surface area contributed by atoms with Gasteiger partial charge in [0.1, 0.15) is 0 Å². The first kappa shape index (κ1) is 29.2. The van der Waals surface area contributed by atoms with E-state index in [2.05, 4.69) is 24.2 Å². The number of nitrogens with two attached hydrogens (primary N) is 1. The number of nitrogens with one attached hydrogen (secondary N) is 1. The molecule has 15 heavy (non-hydrogen) atoms. The molecule has 0 atom stereocenters. The number of hydrogen-bond acceptors (Lipinski definition) is 3. The lowest BCUT2D eigenvalue weighted by molar-refractivity contribution is -0.131. The fraction of sp³-hybridized carbons (Fsp3) is 0.400. The number of likely N-dealkylation sites (N-methyl/N-ethyl adjacent to an activating group) is 1. The molecule has 0 aromatic rings. The molecule has 0 aliphatic carbocycles. The van der Waals surface area contributed by atoms with E-state index in [0.29, 0.717) is 0 Å². The lowest BCUT2D eigenvalue weighted by Gasteiger charge is -1.82. The molecule has 0 aliphatic heterocycles. The van der Waals surface area contributed by atoms with Crippen LogP contribution in [0.15, 0.2) is 25.3 Å². The number of carboxylic acid groups (broad SMARTS) is 1. The number of carbonyl (C=O) groups excluding carboxylic acids is 1. The summed E-state index contributed by atoms with van der Waals surface area (Å²) < 4.78 is 0. The molecule has 0 aromatic heterocycles. The minimum atomic E-state index is -0.981. The third kappa shape index (κ3) is 69.5. The van der Waals surface area contributed by atoms with Crippen LogP contribution in [0.3, 0.4) is 0 Å². The fourth-order valence-electron chi connectivity index (χ4n) is 0.102. The molecule has 0 aromatic carbocycles. The van der Waals surface area contributed by atoms with Gasteiger partial charge in [0, 0.05) is 13.1 Å². The Morgan fingerprint density at radius 3 is 1.47 bits per heavy atom. The Hall–Kier alpha value is -1.62. The maximum atomic E-state index is 9.95. The number of rotatable bonds is 2. The monoisotopic (exact) mass is 220 g/mol. The van der Waals surface area contributed by atoms with Gasteiger partial charge >= 0.3 is 5.97 Å². The fourth-order valence-corrected chi connectivity index (χ4v) is 0.102. The molecule has 1 amide bonds. The van der Waals surface area contributed by atoms with Crippen molar-refractivity contribution in [1.82, 2.24) is 5.32 Å². The van der Waals surface area contributed by atoms with E-state index in [-0.39, 0.29) is 20.8 Å². The topological polar surface area (TPSA) is 92.4 Å². The zero-order chi connectivity index (χ0) is 11.3. The van der Waals surface area contributed by atoms with E-state index >= 15 is 0 Å². The first-order valence-electron chi connectivity index (χ1n) is 3.35. The van der Waals surface area contributed by atoms with Crippen molar-refractivity contribution in [1.29, 1.82) is 0 Å². The van der Waals surface area contributed by atoms with Crippen molar-refractivity contribution >= 4 is 11.9 Å². The van der Waals surface area contributed by atoms with Crippen molar-refractivity contribution in [3.63, 3.8) is 0 Å². The van der Waals surface area contributed by atoms with E-state index in [4.69, 9.17) is 5.11 Å². The maximum absolute atomic E-state index is 9.95. The summed E-state index contributed by atoms with van der Waals surface area (Å²) in [6.07, 6.45) is 2.06. The third-order valence-electron chi connectivity index (χ3n) is 0.606. The van der Waals surface area contributed by atoms with Crippen LogP contribution in [-0.2, 0) is 9.59 Å². The Labute approximate surface area is 92.7 Å². The average molecular weight is 220 g/mol. The van der Waals surface area contributed by atoms with Gasteiger partial charge < -0.3 is 16.2 Å². The molecular formula is C10H24N2O3. The second-order valence-corrected chi connectivity index (χ2v) is 1.36. The molecule has 5 nitrogen and oxygen atoms in total. The van der Waals surface area contributed by atoms with Crippen LogP contribution in [0.4, 0.5) is 0 Å². The van der Waals surface area contributed by atoms with Gasteiger partial charge in [0.25, 0.3) is 0 Å². The largest absolute Gasteiger partial charge is 0.478 e. The Morgan fingerprint density at radius 2 is 1.47 bits per heavy atom. The highest BCUT2D eigenvalue weighted by Crippen LogP contribution is 1.56. The maximum Gasteiger partial charge on any atom is 0.327 e. The molecule has 0 saturated carbocycles. The van der Waals surface area contributed by atoms with E-state index in [9.17, 15) is 9.59 Å². The Balaban J connectivity index is -0.0000000344. The molecule has 0 aliphatic rings. The standard InChI is InChI=1S/C4H7NO.C3H4O2.CH5N.2CH4/c1-3-4(6)5-2;1-2-3(4)5;1-2;;/h3H,1H2,2H3,(H,5,6);2H,1H2,(H,4,5);2H2,1H3;2*1H4. The van der Waals surface area contributed by atoms with Crippen LogP contribution < -0.4 is 11.1 Å². The molecule has 0 saturated heterocycles. The minimum Gasteiger partial charge on any atom is -0.478 e. The zero-order valence-corrected chi connectivity index (χ0v) is 7.91. The number of carbonyl (C=O) groups is 2. The van der Waals surface area contributed by atoms with Gasteiger partial charge in [0.2, 0.25) is 5.91 Å². The molecule has 0 rings (SSSR count). The summed E-state index contributed by atoms with van der Waals surface area (Å²) in [5.41, 5.74) is 4.50. The van der Waals surface area contributed by atoms with Gasteiger partial charge in [-0.3, -0.25) is 4.79 Å². The lowest BCUT2D eigenvalue weighted by atomic mass is 10.6. The highest BCUT2D eigenvalue weighted by molar-refractivity contribution is 5.86. The Bertz CT molecular complexity index is 168. The van der Waals surface area contributed by atoms with Crippen LogP contribution in [0.1, 0.15) is 14.9 Å². The SMILES string of the molecule is C.C.C=CC(=O)NC.C=CC(=O)O.CN. The normalized spacial score (nSPS) is 5.27. The van der Waals surface area contributed by atoms with Crippen molar-refractivity contribution in [3.05, 3.63) is 25.3 Å².